The summed E-state index contributed by atoms with van der Waals surface area (Å²) in [6.45, 7) is 4.25. The molecule has 0 atom stereocenters. The molecule has 0 spiro atoms. The summed E-state index contributed by atoms with van der Waals surface area (Å²) >= 11 is 3.50. The number of rotatable bonds is 4. The summed E-state index contributed by atoms with van der Waals surface area (Å²) in [5, 5.41) is 14.1. The van der Waals surface area contributed by atoms with E-state index in [0.29, 0.717) is 11.3 Å². The molecule has 4 nitrogen and oxygen atoms in total. The number of aryl methyl sites for hydroxylation is 2. The van der Waals surface area contributed by atoms with Gasteiger partial charge in [-0.25, -0.2) is 4.98 Å². The molecule has 0 fully saturated rings. The van der Waals surface area contributed by atoms with Gasteiger partial charge in [0.15, 0.2) is 0 Å². The van der Waals surface area contributed by atoms with E-state index < -0.39 is 0 Å². The van der Waals surface area contributed by atoms with Crippen molar-refractivity contribution in [1.82, 2.24) is 9.38 Å². The second kappa shape index (κ2) is 7.08. The van der Waals surface area contributed by atoms with Gasteiger partial charge in [0.1, 0.15) is 22.9 Å². The lowest BCUT2D eigenvalue weighted by Crippen LogP contribution is -2.02. The lowest BCUT2D eigenvalue weighted by atomic mass is 10.1. The Labute approximate surface area is 166 Å². The Bertz CT molecular complexity index is 1130. The van der Waals surface area contributed by atoms with Crippen LogP contribution in [0.2, 0.25) is 0 Å². The van der Waals surface area contributed by atoms with Gasteiger partial charge in [0.25, 0.3) is 0 Å². The van der Waals surface area contributed by atoms with E-state index in [-0.39, 0.29) is 5.75 Å². The van der Waals surface area contributed by atoms with E-state index in [0.717, 1.165) is 28.0 Å². The SMILES string of the molecule is CCc1cccc(C)c1Nc1c(-c2cc(Br)ccc2O)nc2ccccn12. The van der Waals surface area contributed by atoms with Gasteiger partial charge >= 0.3 is 0 Å². The minimum Gasteiger partial charge on any atom is -0.507 e. The molecule has 0 unspecified atom stereocenters. The van der Waals surface area contributed by atoms with Crippen molar-refractivity contribution in [3.8, 4) is 17.0 Å². The van der Waals surface area contributed by atoms with Crippen LogP contribution < -0.4 is 5.32 Å². The first-order chi connectivity index (χ1) is 13.1. The number of hydrogen-bond acceptors (Lipinski definition) is 3. The van der Waals surface area contributed by atoms with Crippen LogP contribution in [-0.4, -0.2) is 14.5 Å². The molecule has 0 radical (unpaired) electrons. The normalized spacial score (nSPS) is 11.1. The fourth-order valence-electron chi connectivity index (χ4n) is 3.32. The van der Waals surface area contributed by atoms with Crippen molar-refractivity contribution in [1.29, 1.82) is 0 Å². The number of phenolic OH excluding ortho intramolecular Hbond substituents is 1. The number of anilines is 2. The van der Waals surface area contributed by atoms with Gasteiger partial charge in [0.05, 0.1) is 0 Å². The van der Waals surface area contributed by atoms with Gasteiger partial charge in [-0.2, -0.15) is 0 Å². The average molecular weight is 422 g/mol. The number of hydrogen-bond donors (Lipinski definition) is 2. The molecule has 0 bridgehead atoms. The Balaban J connectivity index is 1.96. The van der Waals surface area contributed by atoms with E-state index in [4.69, 9.17) is 4.98 Å². The molecule has 4 aromatic rings. The summed E-state index contributed by atoms with van der Waals surface area (Å²) in [6.07, 6.45) is 2.91. The van der Waals surface area contributed by atoms with Crippen molar-refractivity contribution >= 4 is 33.1 Å². The Hall–Kier alpha value is -2.79. The third-order valence-corrected chi connectivity index (χ3v) is 5.22. The van der Waals surface area contributed by atoms with E-state index in [9.17, 15) is 5.11 Å². The first-order valence-corrected chi connectivity index (χ1v) is 9.69. The molecule has 2 aromatic heterocycles. The predicted octanol–water partition coefficient (Wildman–Crippen LogP) is 6.08. The van der Waals surface area contributed by atoms with Gasteiger partial charge in [0, 0.05) is 21.9 Å². The third kappa shape index (κ3) is 3.19. The lowest BCUT2D eigenvalue weighted by Gasteiger charge is -2.15. The molecule has 0 aliphatic heterocycles. The monoisotopic (exact) mass is 421 g/mol. The second-order valence-corrected chi connectivity index (χ2v) is 7.40. The highest BCUT2D eigenvalue weighted by molar-refractivity contribution is 9.10. The number of halogens is 1. The largest absolute Gasteiger partial charge is 0.507 e. The molecule has 4 rings (SSSR count). The summed E-state index contributed by atoms with van der Waals surface area (Å²) < 4.78 is 2.91. The number of nitrogens with zero attached hydrogens (tertiary/aromatic N) is 2. The fourth-order valence-corrected chi connectivity index (χ4v) is 3.68. The van der Waals surface area contributed by atoms with Crippen molar-refractivity contribution in [2.24, 2.45) is 0 Å². The third-order valence-electron chi connectivity index (χ3n) is 4.73. The molecule has 0 aliphatic carbocycles. The van der Waals surface area contributed by atoms with Gasteiger partial charge in [0.2, 0.25) is 0 Å². The topological polar surface area (TPSA) is 49.6 Å². The van der Waals surface area contributed by atoms with Crippen LogP contribution in [0, 0.1) is 6.92 Å². The molecule has 2 heterocycles. The van der Waals surface area contributed by atoms with Crippen LogP contribution in [0.25, 0.3) is 16.9 Å². The van der Waals surface area contributed by atoms with E-state index in [1.807, 2.05) is 40.9 Å². The quantitative estimate of drug-likeness (QED) is 0.419. The van der Waals surface area contributed by atoms with Crippen LogP contribution in [0.5, 0.6) is 5.75 Å². The van der Waals surface area contributed by atoms with Crippen LogP contribution in [-0.2, 0) is 6.42 Å². The van der Waals surface area contributed by atoms with Crippen molar-refractivity contribution in [3.05, 3.63) is 76.4 Å². The van der Waals surface area contributed by atoms with Crippen molar-refractivity contribution in [2.75, 3.05) is 5.32 Å². The van der Waals surface area contributed by atoms with E-state index in [1.165, 1.54) is 11.1 Å². The predicted molar refractivity (Wildman–Crippen MR) is 114 cm³/mol. The molecular formula is C22H20BrN3O. The summed E-state index contributed by atoms with van der Waals surface area (Å²) in [5.41, 5.74) is 5.71. The molecule has 2 aromatic carbocycles. The number of benzene rings is 2. The molecule has 2 N–H and O–H groups in total. The maximum Gasteiger partial charge on any atom is 0.143 e. The van der Waals surface area contributed by atoms with Crippen LogP contribution >= 0.6 is 15.9 Å². The molecule has 0 aliphatic rings. The van der Waals surface area contributed by atoms with Crippen molar-refractivity contribution in [2.45, 2.75) is 20.3 Å². The first-order valence-electron chi connectivity index (χ1n) is 8.90. The summed E-state index contributed by atoms with van der Waals surface area (Å²) in [6, 6.07) is 17.6. The number of nitrogens with one attached hydrogen (secondary N) is 1. The molecular weight excluding hydrogens is 402 g/mol. The van der Waals surface area contributed by atoms with E-state index >= 15 is 0 Å². The minimum absolute atomic E-state index is 0.199. The maximum atomic E-state index is 10.5. The number of aromatic nitrogens is 2. The highest BCUT2D eigenvalue weighted by Crippen LogP contribution is 2.38. The van der Waals surface area contributed by atoms with Gasteiger partial charge in [-0.15, -0.1) is 0 Å². The molecule has 136 valence electrons. The van der Waals surface area contributed by atoms with Gasteiger partial charge in [-0.1, -0.05) is 47.1 Å². The van der Waals surface area contributed by atoms with Crippen LogP contribution in [0.3, 0.4) is 0 Å². The number of pyridine rings is 1. The zero-order valence-electron chi connectivity index (χ0n) is 15.2. The molecule has 0 saturated carbocycles. The zero-order chi connectivity index (χ0) is 19.0. The minimum atomic E-state index is 0.199. The number of imidazole rings is 1. The van der Waals surface area contributed by atoms with Crippen molar-refractivity contribution in [3.63, 3.8) is 0 Å². The highest BCUT2D eigenvalue weighted by atomic mass is 79.9. The van der Waals surface area contributed by atoms with Crippen LogP contribution in [0.4, 0.5) is 11.5 Å². The van der Waals surface area contributed by atoms with E-state index in [2.05, 4.69) is 53.3 Å². The number of para-hydroxylation sites is 1. The number of aromatic hydroxyl groups is 1. The van der Waals surface area contributed by atoms with Gasteiger partial charge < -0.3 is 10.4 Å². The van der Waals surface area contributed by atoms with Gasteiger partial charge in [-0.05, 0) is 54.8 Å². The van der Waals surface area contributed by atoms with Crippen molar-refractivity contribution < 1.29 is 5.11 Å². The lowest BCUT2D eigenvalue weighted by molar-refractivity contribution is 0.477. The Morgan fingerprint density at radius 1 is 1.11 bits per heavy atom. The summed E-state index contributed by atoms with van der Waals surface area (Å²) in [4.78, 5) is 4.79. The zero-order valence-corrected chi connectivity index (χ0v) is 16.8. The standard InChI is InChI=1S/C22H20BrN3O/c1-3-15-8-6-7-14(2)20(15)25-22-21(17-13-16(23)10-11-18(17)27)24-19-9-4-5-12-26(19)22/h4-13,25,27H,3H2,1-2H3. The second-order valence-electron chi connectivity index (χ2n) is 6.49. The Morgan fingerprint density at radius 2 is 1.96 bits per heavy atom. The van der Waals surface area contributed by atoms with Crippen LogP contribution in [0.1, 0.15) is 18.1 Å². The smallest absolute Gasteiger partial charge is 0.143 e. The average Bonchev–Trinajstić information content (AvgIpc) is 3.03. The summed E-state index contributed by atoms with van der Waals surface area (Å²) in [5.74, 6) is 1.04. The van der Waals surface area contributed by atoms with Crippen LogP contribution in [0.15, 0.2) is 65.3 Å². The maximum absolute atomic E-state index is 10.5. The fraction of sp³-hybridized carbons (Fsp3) is 0.136. The Kier molecular flexibility index (Phi) is 4.62. The Morgan fingerprint density at radius 3 is 2.78 bits per heavy atom. The molecule has 0 saturated heterocycles. The number of phenols is 1. The molecule has 27 heavy (non-hydrogen) atoms. The van der Waals surface area contributed by atoms with Gasteiger partial charge in [-0.3, -0.25) is 4.40 Å². The molecule has 5 heteroatoms. The number of fused-ring (bicyclic) bond motifs is 1. The highest BCUT2D eigenvalue weighted by Gasteiger charge is 2.18. The first kappa shape index (κ1) is 17.6. The molecule has 0 amide bonds. The van der Waals surface area contributed by atoms with E-state index in [1.54, 1.807) is 6.07 Å². The summed E-state index contributed by atoms with van der Waals surface area (Å²) in [7, 11) is 0.